The second-order valence-corrected chi connectivity index (χ2v) is 6.15. The summed E-state index contributed by atoms with van der Waals surface area (Å²) >= 11 is 0. The number of nitrogens with zero attached hydrogens (tertiary/aromatic N) is 1. The van der Waals surface area contributed by atoms with E-state index in [9.17, 15) is 14.7 Å². The van der Waals surface area contributed by atoms with Gasteiger partial charge in [0.1, 0.15) is 0 Å². The molecule has 0 saturated carbocycles. The van der Waals surface area contributed by atoms with E-state index in [4.69, 9.17) is 0 Å². The van der Waals surface area contributed by atoms with Crippen LogP contribution in [0, 0.1) is 0 Å². The van der Waals surface area contributed by atoms with Crippen molar-refractivity contribution in [2.24, 2.45) is 0 Å². The topological polar surface area (TPSA) is 57.6 Å². The zero-order chi connectivity index (χ0) is 17.0. The lowest BCUT2D eigenvalue weighted by atomic mass is 9.87. The maximum absolute atomic E-state index is 11.9. The fraction of sp³-hybridized carbons (Fsp3) is 0.200. The first kappa shape index (κ1) is 16.1. The molecule has 0 aliphatic carbocycles. The fourth-order valence-corrected chi connectivity index (χ4v) is 3.01. The molecule has 24 heavy (non-hydrogen) atoms. The average molecular weight is 321 g/mol. The van der Waals surface area contributed by atoms with E-state index in [1.165, 1.54) is 12.2 Å². The van der Waals surface area contributed by atoms with E-state index in [2.05, 4.69) is 0 Å². The van der Waals surface area contributed by atoms with Gasteiger partial charge in [-0.1, -0.05) is 60.7 Å². The number of hydrogen-bond acceptors (Lipinski definition) is 3. The predicted octanol–water partition coefficient (Wildman–Crippen LogP) is 2.13. The van der Waals surface area contributed by atoms with Gasteiger partial charge in [0.05, 0.1) is 12.1 Å². The minimum atomic E-state index is -1.22. The lowest BCUT2D eigenvalue weighted by molar-refractivity contribution is -0.141. The highest BCUT2D eigenvalue weighted by molar-refractivity contribution is 6.12. The highest BCUT2D eigenvalue weighted by Crippen LogP contribution is 2.22. The number of hydrogen-bond donors (Lipinski definition) is 1. The molecule has 3 rings (SSSR count). The van der Waals surface area contributed by atoms with Gasteiger partial charge in [0.2, 0.25) is 0 Å². The van der Waals surface area contributed by atoms with Gasteiger partial charge in [-0.25, -0.2) is 0 Å². The van der Waals surface area contributed by atoms with E-state index in [0.29, 0.717) is 12.8 Å². The summed E-state index contributed by atoms with van der Waals surface area (Å²) in [5, 5.41) is 11.2. The van der Waals surface area contributed by atoms with Crippen LogP contribution < -0.4 is 0 Å². The number of carbonyl (C=O) groups is 2. The highest BCUT2D eigenvalue weighted by atomic mass is 16.3. The average Bonchev–Trinajstić information content (AvgIpc) is 2.88. The monoisotopic (exact) mass is 321 g/mol. The molecule has 0 unspecified atom stereocenters. The largest absolute Gasteiger partial charge is 0.387 e. The summed E-state index contributed by atoms with van der Waals surface area (Å²) in [4.78, 5) is 24.9. The van der Waals surface area contributed by atoms with Gasteiger partial charge < -0.3 is 5.11 Å². The van der Waals surface area contributed by atoms with Crippen LogP contribution >= 0.6 is 0 Å². The molecule has 2 aromatic rings. The summed E-state index contributed by atoms with van der Waals surface area (Å²) in [5.74, 6) is -0.751. The van der Waals surface area contributed by atoms with Gasteiger partial charge in [-0.05, 0) is 11.1 Å². The SMILES string of the molecule is O=C1C=CC(=O)N1CC(O)(Cc1ccccc1)Cc1ccccc1. The summed E-state index contributed by atoms with van der Waals surface area (Å²) in [6.07, 6.45) is 3.21. The van der Waals surface area contributed by atoms with E-state index in [0.717, 1.165) is 16.0 Å². The first-order chi connectivity index (χ1) is 11.6. The number of carbonyl (C=O) groups excluding carboxylic acids is 2. The van der Waals surface area contributed by atoms with Crippen molar-refractivity contribution in [3.05, 3.63) is 83.9 Å². The maximum atomic E-state index is 11.9. The molecule has 0 saturated heterocycles. The quantitative estimate of drug-likeness (QED) is 0.829. The summed E-state index contributed by atoms with van der Waals surface area (Å²) in [6, 6.07) is 19.2. The number of imide groups is 1. The predicted molar refractivity (Wildman–Crippen MR) is 91.1 cm³/mol. The minimum Gasteiger partial charge on any atom is -0.387 e. The van der Waals surface area contributed by atoms with E-state index >= 15 is 0 Å². The third-order valence-corrected chi connectivity index (χ3v) is 4.10. The molecule has 4 heteroatoms. The Morgan fingerprint density at radius 2 is 1.17 bits per heavy atom. The Morgan fingerprint density at radius 1 is 0.750 bits per heavy atom. The van der Waals surface area contributed by atoms with Crippen molar-refractivity contribution in [1.29, 1.82) is 0 Å². The molecular formula is C20H19NO3. The maximum Gasteiger partial charge on any atom is 0.253 e. The fourth-order valence-electron chi connectivity index (χ4n) is 3.01. The normalized spacial score (nSPS) is 14.5. The van der Waals surface area contributed by atoms with Crippen molar-refractivity contribution < 1.29 is 14.7 Å². The van der Waals surface area contributed by atoms with Crippen molar-refractivity contribution in [1.82, 2.24) is 4.90 Å². The van der Waals surface area contributed by atoms with E-state index in [-0.39, 0.29) is 18.4 Å². The molecule has 0 bridgehead atoms. The van der Waals surface area contributed by atoms with Crippen LogP contribution in [-0.4, -0.2) is 34.0 Å². The van der Waals surface area contributed by atoms with Crippen molar-refractivity contribution in [2.75, 3.05) is 6.54 Å². The van der Waals surface area contributed by atoms with Crippen LogP contribution in [0.3, 0.4) is 0 Å². The molecule has 0 aromatic heterocycles. The molecular weight excluding hydrogens is 302 g/mol. The van der Waals surface area contributed by atoms with Gasteiger partial charge in [0, 0.05) is 25.0 Å². The molecule has 4 nitrogen and oxygen atoms in total. The molecule has 1 N–H and O–H groups in total. The summed E-state index contributed by atoms with van der Waals surface area (Å²) < 4.78 is 0. The first-order valence-electron chi connectivity index (χ1n) is 7.90. The van der Waals surface area contributed by atoms with Gasteiger partial charge in [0.25, 0.3) is 11.8 Å². The molecule has 1 heterocycles. The smallest absolute Gasteiger partial charge is 0.253 e. The molecule has 0 fully saturated rings. The Bertz CT molecular complexity index is 693. The van der Waals surface area contributed by atoms with Crippen molar-refractivity contribution in [2.45, 2.75) is 18.4 Å². The van der Waals surface area contributed by atoms with Gasteiger partial charge in [-0.2, -0.15) is 0 Å². The first-order valence-corrected chi connectivity index (χ1v) is 7.90. The van der Waals surface area contributed by atoms with Crippen LogP contribution in [0.15, 0.2) is 72.8 Å². The zero-order valence-electron chi connectivity index (χ0n) is 13.3. The summed E-state index contributed by atoms with van der Waals surface area (Å²) in [7, 11) is 0. The number of amides is 2. The molecule has 122 valence electrons. The second kappa shape index (κ2) is 6.81. The van der Waals surface area contributed by atoms with E-state index < -0.39 is 5.60 Å². The van der Waals surface area contributed by atoms with Crippen LogP contribution in [0.4, 0.5) is 0 Å². The van der Waals surface area contributed by atoms with Gasteiger partial charge in [-0.3, -0.25) is 14.5 Å². The molecule has 0 atom stereocenters. The third kappa shape index (κ3) is 3.78. The Labute approximate surface area is 141 Å². The lowest BCUT2D eigenvalue weighted by Crippen LogP contribution is -2.48. The van der Waals surface area contributed by atoms with Crippen LogP contribution in [0.5, 0.6) is 0 Å². The van der Waals surface area contributed by atoms with Crippen molar-refractivity contribution >= 4 is 11.8 Å². The number of aliphatic hydroxyl groups is 1. The Balaban J connectivity index is 1.85. The van der Waals surface area contributed by atoms with Crippen LogP contribution in [0.25, 0.3) is 0 Å². The Hall–Kier alpha value is -2.72. The summed E-state index contributed by atoms with van der Waals surface area (Å²) in [6.45, 7) is -0.0263. The minimum absolute atomic E-state index is 0.0263. The zero-order valence-corrected chi connectivity index (χ0v) is 13.3. The Kier molecular flexibility index (Phi) is 4.58. The molecule has 0 radical (unpaired) electrons. The molecule has 1 aliphatic heterocycles. The van der Waals surface area contributed by atoms with Gasteiger partial charge in [-0.15, -0.1) is 0 Å². The molecule has 2 aromatic carbocycles. The molecule has 2 amide bonds. The van der Waals surface area contributed by atoms with Crippen LogP contribution in [0.2, 0.25) is 0 Å². The molecule has 0 spiro atoms. The second-order valence-electron chi connectivity index (χ2n) is 6.15. The van der Waals surface area contributed by atoms with E-state index in [1.807, 2.05) is 60.7 Å². The van der Waals surface area contributed by atoms with Crippen molar-refractivity contribution in [3.63, 3.8) is 0 Å². The van der Waals surface area contributed by atoms with Gasteiger partial charge in [0.15, 0.2) is 0 Å². The standard InChI is InChI=1S/C20H19NO3/c22-18-11-12-19(23)21(18)15-20(24,13-16-7-3-1-4-8-16)14-17-9-5-2-6-10-17/h1-12,24H,13-15H2. The van der Waals surface area contributed by atoms with Gasteiger partial charge >= 0.3 is 0 Å². The molecule has 1 aliphatic rings. The number of rotatable bonds is 6. The highest BCUT2D eigenvalue weighted by Gasteiger charge is 2.35. The van der Waals surface area contributed by atoms with Crippen LogP contribution in [-0.2, 0) is 22.4 Å². The lowest BCUT2D eigenvalue weighted by Gasteiger charge is -2.32. The van der Waals surface area contributed by atoms with Crippen molar-refractivity contribution in [3.8, 4) is 0 Å². The summed E-state index contributed by atoms with van der Waals surface area (Å²) in [5.41, 5.74) is 0.700. The van der Waals surface area contributed by atoms with E-state index in [1.54, 1.807) is 0 Å². The third-order valence-electron chi connectivity index (χ3n) is 4.10. The number of β-amino-alcohol motifs (C(OH)–C–C–N with tert-alkyl or cyclic N) is 1. The number of benzene rings is 2. The van der Waals surface area contributed by atoms with Crippen LogP contribution in [0.1, 0.15) is 11.1 Å². The Morgan fingerprint density at radius 3 is 1.58 bits per heavy atom.